The second-order valence-electron chi connectivity index (χ2n) is 10.7. The monoisotopic (exact) mass is 612 g/mol. The predicted octanol–water partition coefficient (Wildman–Crippen LogP) is 2.54. The van der Waals surface area contributed by atoms with Gasteiger partial charge < -0.3 is 20.8 Å². The summed E-state index contributed by atoms with van der Waals surface area (Å²) in [7, 11) is -4.21. The topological polar surface area (TPSA) is 166 Å². The van der Waals surface area contributed by atoms with Crippen LogP contribution in [-0.4, -0.2) is 64.1 Å². The minimum atomic E-state index is -4.21. The molecule has 224 valence electrons. The minimum Gasteiger partial charge on any atom is -0.508 e. The van der Waals surface area contributed by atoms with Crippen LogP contribution in [0.15, 0.2) is 96.5 Å². The first-order valence-electron chi connectivity index (χ1n) is 13.9. The number of ketones is 1. The number of sulfone groups is 1. The molecule has 2 amide bonds. The normalized spacial score (nSPS) is 17.0. The Bertz CT molecular complexity index is 1930. The highest BCUT2D eigenvalue weighted by molar-refractivity contribution is 7.91. The van der Waals surface area contributed by atoms with E-state index in [0.717, 1.165) is 10.3 Å². The molecule has 3 aromatic carbocycles. The van der Waals surface area contributed by atoms with Gasteiger partial charge in [-0.2, -0.15) is 0 Å². The standard InChI is InChI=1S/C32H28N4O7S/c37-21-12-10-19(11-13-21)15-25(35-31(40)23-8-3-6-20-5-1-2-7-22(20)23)32(41)36-29(16-24-30(36)28(39)17-34-24)44(42,43)18-26-27(38)9-4-14-33-26/h1-14,25,29,34,37-38H,15-18H2,(H,35,40). The van der Waals surface area contributed by atoms with Gasteiger partial charge in [-0.3, -0.25) is 24.3 Å². The van der Waals surface area contributed by atoms with Crippen molar-refractivity contribution >= 4 is 38.2 Å². The molecule has 0 saturated carbocycles. The van der Waals surface area contributed by atoms with E-state index in [9.17, 15) is 33.0 Å². The molecule has 4 N–H and O–H groups in total. The molecule has 6 rings (SSSR count). The summed E-state index contributed by atoms with van der Waals surface area (Å²) in [5.74, 6) is -2.76. The summed E-state index contributed by atoms with van der Waals surface area (Å²) in [5.41, 5.74) is 1.09. The Morgan fingerprint density at radius 3 is 2.52 bits per heavy atom. The molecule has 2 aliphatic heterocycles. The number of hydrogen-bond acceptors (Lipinski definition) is 9. The molecule has 44 heavy (non-hydrogen) atoms. The number of nitrogens with one attached hydrogen (secondary N) is 2. The van der Waals surface area contributed by atoms with Gasteiger partial charge in [0.15, 0.2) is 15.6 Å². The molecular weight excluding hydrogens is 584 g/mol. The number of rotatable bonds is 8. The fourth-order valence-electron chi connectivity index (χ4n) is 5.64. The van der Waals surface area contributed by atoms with Crippen LogP contribution in [0.2, 0.25) is 0 Å². The first-order chi connectivity index (χ1) is 21.1. The van der Waals surface area contributed by atoms with Crippen LogP contribution in [-0.2, 0) is 31.6 Å². The number of Topliss-reactive ketones (excluding diaryl/α,β-unsaturated/α-hetero) is 1. The van der Waals surface area contributed by atoms with Gasteiger partial charge in [0.05, 0.1) is 18.0 Å². The number of benzene rings is 3. The van der Waals surface area contributed by atoms with Gasteiger partial charge in [0.2, 0.25) is 0 Å². The van der Waals surface area contributed by atoms with Gasteiger partial charge in [-0.25, -0.2) is 8.42 Å². The summed E-state index contributed by atoms with van der Waals surface area (Å²) in [4.78, 5) is 46.1. The number of carbonyl (C=O) groups excluding carboxylic acids is 3. The Morgan fingerprint density at radius 1 is 1.00 bits per heavy atom. The lowest BCUT2D eigenvalue weighted by Crippen LogP contribution is -2.53. The molecule has 1 aromatic heterocycles. The average molecular weight is 613 g/mol. The Balaban J connectivity index is 1.38. The van der Waals surface area contributed by atoms with E-state index in [1.54, 1.807) is 36.4 Å². The van der Waals surface area contributed by atoms with E-state index < -0.39 is 44.6 Å². The van der Waals surface area contributed by atoms with Crippen molar-refractivity contribution < 1.29 is 33.0 Å². The van der Waals surface area contributed by atoms with Gasteiger partial charge in [-0.15, -0.1) is 0 Å². The van der Waals surface area contributed by atoms with E-state index in [1.807, 2.05) is 18.2 Å². The van der Waals surface area contributed by atoms with Gasteiger partial charge >= 0.3 is 0 Å². The number of pyridine rings is 1. The number of phenols is 1. The summed E-state index contributed by atoms with van der Waals surface area (Å²) in [5, 5.41) is 25.7. The fourth-order valence-corrected chi connectivity index (χ4v) is 7.39. The molecule has 0 saturated heterocycles. The molecule has 0 bridgehead atoms. The molecule has 12 heteroatoms. The Morgan fingerprint density at radius 2 is 1.75 bits per heavy atom. The van der Waals surface area contributed by atoms with E-state index in [1.165, 1.54) is 30.5 Å². The van der Waals surface area contributed by atoms with E-state index in [4.69, 9.17) is 0 Å². The van der Waals surface area contributed by atoms with Crippen LogP contribution in [0.1, 0.15) is 28.0 Å². The number of hydrogen-bond donors (Lipinski definition) is 4. The molecule has 0 spiro atoms. The number of aromatic nitrogens is 1. The Hall–Kier alpha value is -5.23. The number of phenolic OH excluding ortho intramolecular Hbond substituents is 1. The largest absolute Gasteiger partial charge is 0.508 e. The molecule has 3 heterocycles. The van der Waals surface area contributed by atoms with E-state index in [0.29, 0.717) is 22.2 Å². The van der Waals surface area contributed by atoms with Crippen molar-refractivity contribution in [2.45, 2.75) is 30.0 Å². The van der Waals surface area contributed by atoms with Crippen molar-refractivity contribution in [3.05, 3.63) is 113 Å². The second kappa shape index (κ2) is 11.5. The molecule has 11 nitrogen and oxygen atoms in total. The highest BCUT2D eigenvalue weighted by Crippen LogP contribution is 2.36. The SMILES string of the molecule is O=C1CNC2=C1N(C(=O)C(Cc1ccc(O)cc1)NC(=O)c1cccc3ccccc13)C(S(=O)(=O)Cc1ncccc1O)C2. The molecule has 0 radical (unpaired) electrons. The van der Waals surface area contributed by atoms with Crippen LogP contribution in [0.5, 0.6) is 11.5 Å². The molecule has 4 aromatic rings. The lowest BCUT2D eigenvalue weighted by molar-refractivity contribution is -0.133. The maximum Gasteiger partial charge on any atom is 0.252 e. The van der Waals surface area contributed by atoms with E-state index in [-0.39, 0.29) is 42.3 Å². The van der Waals surface area contributed by atoms with Gasteiger partial charge in [0.1, 0.15) is 28.6 Å². The van der Waals surface area contributed by atoms with E-state index >= 15 is 0 Å². The minimum absolute atomic E-state index is 0.0114. The summed E-state index contributed by atoms with van der Waals surface area (Å²) in [6.45, 7) is -0.0900. The van der Waals surface area contributed by atoms with Crippen LogP contribution in [0.3, 0.4) is 0 Å². The Labute approximate surface area is 252 Å². The van der Waals surface area contributed by atoms with Crippen molar-refractivity contribution in [2.24, 2.45) is 0 Å². The van der Waals surface area contributed by atoms with Gasteiger partial charge in [0.25, 0.3) is 11.8 Å². The lowest BCUT2D eigenvalue weighted by Gasteiger charge is -2.31. The zero-order valence-electron chi connectivity index (χ0n) is 23.3. The molecule has 0 fully saturated rings. The summed E-state index contributed by atoms with van der Waals surface area (Å²) < 4.78 is 27.6. The van der Waals surface area contributed by atoms with Crippen molar-refractivity contribution in [1.82, 2.24) is 20.5 Å². The fraction of sp³-hybridized carbons (Fsp3) is 0.188. The number of fused-ring (bicyclic) bond motifs is 1. The van der Waals surface area contributed by atoms with Crippen molar-refractivity contribution in [2.75, 3.05) is 6.54 Å². The first kappa shape index (κ1) is 28.9. The third-order valence-corrected chi connectivity index (χ3v) is 9.67. The number of carbonyl (C=O) groups is 3. The Kier molecular flexibility index (Phi) is 7.52. The molecule has 2 aliphatic rings. The van der Waals surface area contributed by atoms with Crippen molar-refractivity contribution in [3.63, 3.8) is 0 Å². The predicted molar refractivity (Wildman–Crippen MR) is 161 cm³/mol. The van der Waals surface area contributed by atoms with Crippen molar-refractivity contribution in [3.8, 4) is 11.5 Å². The average Bonchev–Trinajstić information content (AvgIpc) is 3.58. The summed E-state index contributed by atoms with van der Waals surface area (Å²) in [6, 6.07) is 20.1. The summed E-state index contributed by atoms with van der Waals surface area (Å²) in [6.07, 6.45) is 1.14. The van der Waals surface area contributed by atoms with Crippen LogP contribution in [0.4, 0.5) is 0 Å². The van der Waals surface area contributed by atoms with Crippen LogP contribution in [0, 0.1) is 0 Å². The van der Waals surface area contributed by atoms with Crippen molar-refractivity contribution in [1.29, 1.82) is 0 Å². The molecular formula is C32H28N4O7S. The van der Waals surface area contributed by atoms with Crippen LogP contribution >= 0.6 is 0 Å². The maximum absolute atomic E-state index is 14.4. The molecule has 0 aliphatic carbocycles. The number of nitrogens with zero attached hydrogens (tertiary/aromatic N) is 2. The third-order valence-electron chi connectivity index (χ3n) is 7.79. The molecule has 2 unspecified atom stereocenters. The van der Waals surface area contributed by atoms with E-state index in [2.05, 4.69) is 15.6 Å². The highest BCUT2D eigenvalue weighted by Gasteiger charge is 2.49. The van der Waals surface area contributed by atoms with Gasteiger partial charge in [0, 0.05) is 30.3 Å². The number of amides is 2. The van der Waals surface area contributed by atoms with Crippen LogP contribution < -0.4 is 10.6 Å². The maximum atomic E-state index is 14.4. The zero-order chi connectivity index (χ0) is 31.0. The van der Waals surface area contributed by atoms with Gasteiger partial charge in [-0.05, 0) is 46.7 Å². The smallest absolute Gasteiger partial charge is 0.252 e. The zero-order valence-corrected chi connectivity index (χ0v) is 24.1. The van der Waals surface area contributed by atoms with Gasteiger partial charge in [-0.1, -0.05) is 48.5 Å². The first-order valence-corrected chi connectivity index (χ1v) is 15.6. The lowest BCUT2D eigenvalue weighted by atomic mass is 10.0. The van der Waals surface area contributed by atoms with Crippen LogP contribution in [0.25, 0.3) is 10.8 Å². The summed E-state index contributed by atoms with van der Waals surface area (Å²) >= 11 is 0. The molecule has 2 atom stereocenters. The third kappa shape index (κ3) is 5.47. The number of aromatic hydroxyl groups is 2. The highest BCUT2D eigenvalue weighted by atomic mass is 32.2. The quantitative estimate of drug-likeness (QED) is 0.234. The second-order valence-corrected chi connectivity index (χ2v) is 12.8.